The molecule has 1 aromatic heterocycles. The molecule has 118 valence electrons. The Kier molecular flexibility index (Phi) is 4.54. The summed E-state index contributed by atoms with van der Waals surface area (Å²) in [6.07, 6.45) is -2.55. The van der Waals surface area contributed by atoms with Crippen molar-refractivity contribution < 1.29 is 18.0 Å². The van der Waals surface area contributed by atoms with Crippen molar-refractivity contribution in [3.63, 3.8) is 0 Å². The predicted octanol–water partition coefficient (Wildman–Crippen LogP) is 3.80. The standard InChI is InChI=1S/C15H16F3N3O/c1-10-6-7-21(20-10)11(2)8-14(22)19-13-5-3-4-12(9-13)15(16,17)18/h3-7,9,11H,8H2,1-2H3,(H,19,22)/t11-/m1/s1. The summed E-state index contributed by atoms with van der Waals surface area (Å²) in [4.78, 5) is 11.9. The van der Waals surface area contributed by atoms with Crippen molar-refractivity contribution in [2.24, 2.45) is 0 Å². The first-order chi connectivity index (χ1) is 10.3. The average Bonchev–Trinajstić information content (AvgIpc) is 2.84. The Hall–Kier alpha value is -2.31. The van der Waals surface area contributed by atoms with Crippen molar-refractivity contribution in [3.8, 4) is 0 Å². The van der Waals surface area contributed by atoms with Crippen LogP contribution in [0.4, 0.5) is 18.9 Å². The van der Waals surface area contributed by atoms with Gasteiger partial charge in [0, 0.05) is 18.3 Å². The van der Waals surface area contributed by atoms with E-state index in [0.717, 1.165) is 17.8 Å². The fourth-order valence-electron chi connectivity index (χ4n) is 2.03. The van der Waals surface area contributed by atoms with Crippen LogP contribution in [0.25, 0.3) is 0 Å². The fourth-order valence-corrected chi connectivity index (χ4v) is 2.03. The summed E-state index contributed by atoms with van der Waals surface area (Å²) < 4.78 is 39.5. The van der Waals surface area contributed by atoms with Crippen molar-refractivity contribution in [1.29, 1.82) is 0 Å². The highest BCUT2D eigenvalue weighted by atomic mass is 19.4. The highest BCUT2D eigenvalue weighted by molar-refractivity contribution is 5.91. The number of nitrogens with zero attached hydrogens (tertiary/aromatic N) is 2. The van der Waals surface area contributed by atoms with Crippen molar-refractivity contribution in [3.05, 3.63) is 47.8 Å². The maximum absolute atomic E-state index is 12.6. The molecule has 0 aliphatic heterocycles. The van der Waals surface area contributed by atoms with Crippen molar-refractivity contribution >= 4 is 11.6 Å². The quantitative estimate of drug-likeness (QED) is 0.933. The number of rotatable bonds is 4. The largest absolute Gasteiger partial charge is 0.416 e. The summed E-state index contributed by atoms with van der Waals surface area (Å²) >= 11 is 0. The molecule has 2 aromatic rings. The number of nitrogens with one attached hydrogen (secondary N) is 1. The van der Waals surface area contributed by atoms with Crippen molar-refractivity contribution in [2.45, 2.75) is 32.5 Å². The lowest BCUT2D eigenvalue weighted by Crippen LogP contribution is -2.18. The average molecular weight is 311 g/mol. The molecule has 1 heterocycles. The van der Waals surface area contributed by atoms with Gasteiger partial charge in [0.25, 0.3) is 0 Å². The van der Waals surface area contributed by atoms with E-state index in [1.807, 2.05) is 19.9 Å². The summed E-state index contributed by atoms with van der Waals surface area (Å²) in [5.41, 5.74) is 0.176. The smallest absolute Gasteiger partial charge is 0.326 e. The van der Waals surface area contributed by atoms with Gasteiger partial charge in [0.15, 0.2) is 0 Å². The van der Waals surface area contributed by atoms with Crippen LogP contribution >= 0.6 is 0 Å². The third-order valence-electron chi connectivity index (χ3n) is 3.15. The first kappa shape index (κ1) is 16.1. The summed E-state index contributed by atoms with van der Waals surface area (Å²) in [6, 6.07) is 6.21. The lowest BCUT2D eigenvalue weighted by atomic mass is 10.2. The van der Waals surface area contributed by atoms with Crippen LogP contribution in [-0.4, -0.2) is 15.7 Å². The number of halogens is 3. The molecule has 0 fully saturated rings. The van der Waals surface area contributed by atoms with Crippen LogP contribution in [0.5, 0.6) is 0 Å². The van der Waals surface area contributed by atoms with E-state index in [-0.39, 0.29) is 24.1 Å². The highest BCUT2D eigenvalue weighted by Gasteiger charge is 2.30. The lowest BCUT2D eigenvalue weighted by molar-refractivity contribution is -0.137. The van der Waals surface area contributed by atoms with E-state index in [2.05, 4.69) is 10.4 Å². The van der Waals surface area contributed by atoms with E-state index in [1.165, 1.54) is 12.1 Å². The minimum Gasteiger partial charge on any atom is -0.326 e. The van der Waals surface area contributed by atoms with Gasteiger partial charge in [-0.2, -0.15) is 18.3 Å². The molecule has 1 amide bonds. The van der Waals surface area contributed by atoms with Gasteiger partial charge in [-0.3, -0.25) is 9.48 Å². The molecule has 0 aliphatic carbocycles. The van der Waals surface area contributed by atoms with Crippen LogP contribution in [0.3, 0.4) is 0 Å². The van der Waals surface area contributed by atoms with Gasteiger partial charge in [-0.1, -0.05) is 6.07 Å². The first-order valence-corrected chi connectivity index (χ1v) is 6.74. The second-order valence-electron chi connectivity index (χ2n) is 5.12. The number of hydrogen-bond donors (Lipinski definition) is 1. The molecule has 0 radical (unpaired) electrons. The molecule has 2 rings (SSSR count). The molecule has 22 heavy (non-hydrogen) atoms. The number of carbonyl (C=O) groups excluding carboxylic acids is 1. The number of carbonyl (C=O) groups is 1. The van der Waals surface area contributed by atoms with E-state index in [1.54, 1.807) is 10.9 Å². The normalized spacial score (nSPS) is 13.0. The molecular formula is C15H16F3N3O. The Labute approximate surface area is 125 Å². The number of anilines is 1. The molecule has 1 aromatic carbocycles. The van der Waals surface area contributed by atoms with E-state index in [9.17, 15) is 18.0 Å². The number of aryl methyl sites for hydroxylation is 1. The van der Waals surface area contributed by atoms with Gasteiger partial charge in [-0.25, -0.2) is 0 Å². The Balaban J connectivity index is 2.00. The summed E-state index contributed by atoms with van der Waals surface area (Å²) in [5.74, 6) is -0.361. The number of alkyl halides is 3. The zero-order chi connectivity index (χ0) is 16.3. The minimum absolute atomic E-state index is 0.122. The van der Waals surface area contributed by atoms with E-state index in [4.69, 9.17) is 0 Å². The predicted molar refractivity (Wildman–Crippen MR) is 76.4 cm³/mol. The van der Waals surface area contributed by atoms with Gasteiger partial charge in [-0.15, -0.1) is 0 Å². The van der Waals surface area contributed by atoms with Crippen LogP contribution in [0.2, 0.25) is 0 Å². The molecule has 0 saturated carbocycles. The van der Waals surface area contributed by atoms with Crippen LogP contribution in [0.15, 0.2) is 36.5 Å². The van der Waals surface area contributed by atoms with Gasteiger partial charge in [-0.05, 0) is 38.1 Å². The molecule has 4 nitrogen and oxygen atoms in total. The van der Waals surface area contributed by atoms with E-state index >= 15 is 0 Å². The first-order valence-electron chi connectivity index (χ1n) is 6.74. The zero-order valence-electron chi connectivity index (χ0n) is 12.2. The molecular weight excluding hydrogens is 295 g/mol. The maximum Gasteiger partial charge on any atom is 0.416 e. The molecule has 0 spiro atoms. The third-order valence-corrected chi connectivity index (χ3v) is 3.15. The zero-order valence-corrected chi connectivity index (χ0v) is 12.2. The maximum atomic E-state index is 12.6. The van der Waals surface area contributed by atoms with Gasteiger partial charge in [0.05, 0.1) is 17.3 Å². The Morgan fingerprint density at radius 2 is 2.09 bits per heavy atom. The molecule has 0 unspecified atom stereocenters. The van der Waals surface area contributed by atoms with Gasteiger partial charge < -0.3 is 5.32 Å². The molecule has 0 aliphatic rings. The summed E-state index contributed by atoms with van der Waals surface area (Å²) in [6.45, 7) is 3.66. The Morgan fingerprint density at radius 3 is 2.68 bits per heavy atom. The molecule has 7 heteroatoms. The fraction of sp³-hybridized carbons (Fsp3) is 0.333. The number of hydrogen-bond acceptors (Lipinski definition) is 2. The highest BCUT2D eigenvalue weighted by Crippen LogP contribution is 2.30. The van der Waals surface area contributed by atoms with Crippen LogP contribution in [0.1, 0.15) is 30.6 Å². The van der Waals surface area contributed by atoms with Crippen LogP contribution in [-0.2, 0) is 11.0 Å². The number of benzene rings is 1. The lowest BCUT2D eigenvalue weighted by Gasteiger charge is -2.13. The minimum atomic E-state index is -4.43. The van der Waals surface area contributed by atoms with Crippen LogP contribution < -0.4 is 5.32 Å². The molecule has 1 N–H and O–H groups in total. The van der Waals surface area contributed by atoms with Gasteiger partial charge in [0.1, 0.15) is 0 Å². The van der Waals surface area contributed by atoms with Crippen LogP contribution in [0, 0.1) is 6.92 Å². The molecule has 1 atom stereocenters. The Morgan fingerprint density at radius 1 is 1.36 bits per heavy atom. The SMILES string of the molecule is Cc1ccn([C@H](C)CC(=O)Nc2cccc(C(F)(F)F)c2)n1. The summed E-state index contributed by atoms with van der Waals surface area (Å²) in [7, 11) is 0. The Bertz CT molecular complexity index is 664. The van der Waals surface area contributed by atoms with E-state index < -0.39 is 11.7 Å². The second kappa shape index (κ2) is 6.21. The number of amides is 1. The topological polar surface area (TPSA) is 46.9 Å². The second-order valence-corrected chi connectivity index (χ2v) is 5.12. The van der Waals surface area contributed by atoms with Gasteiger partial charge in [0.2, 0.25) is 5.91 Å². The van der Waals surface area contributed by atoms with Gasteiger partial charge >= 0.3 is 6.18 Å². The molecule has 0 saturated heterocycles. The van der Waals surface area contributed by atoms with Crippen molar-refractivity contribution in [1.82, 2.24) is 9.78 Å². The number of aromatic nitrogens is 2. The van der Waals surface area contributed by atoms with Crippen molar-refractivity contribution in [2.75, 3.05) is 5.32 Å². The molecule has 0 bridgehead atoms. The third kappa shape index (κ3) is 4.09. The van der Waals surface area contributed by atoms with E-state index in [0.29, 0.717) is 0 Å². The summed E-state index contributed by atoms with van der Waals surface area (Å²) in [5, 5.41) is 6.69. The monoisotopic (exact) mass is 311 g/mol.